The van der Waals surface area contributed by atoms with Gasteiger partial charge >= 0.3 is 0 Å². The summed E-state index contributed by atoms with van der Waals surface area (Å²) in [6.07, 6.45) is 3.39. The van der Waals surface area contributed by atoms with Gasteiger partial charge in [-0.2, -0.15) is 14.7 Å². The van der Waals surface area contributed by atoms with E-state index in [0.29, 0.717) is 28.5 Å². The van der Waals surface area contributed by atoms with Gasteiger partial charge in [-0.1, -0.05) is 12.1 Å². The molecule has 4 heterocycles. The number of nitrogens with zero attached hydrogens (tertiary/aromatic N) is 7. The van der Waals surface area contributed by atoms with Crippen LogP contribution in [0.25, 0.3) is 28.3 Å². The number of hydrogen-bond acceptors (Lipinski definition) is 7. The van der Waals surface area contributed by atoms with Crippen LogP contribution in [0.3, 0.4) is 0 Å². The van der Waals surface area contributed by atoms with Gasteiger partial charge in [-0.05, 0) is 49.4 Å². The van der Waals surface area contributed by atoms with Crippen LogP contribution in [0.5, 0.6) is 0 Å². The molecule has 4 aromatic heterocycles. The molecule has 0 fully saturated rings. The first-order valence-corrected chi connectivity index (χ1v) is 10.1. The third-order valence-electron chi connectivity index (χ3n) is 4.92. The van der Waals surface area contributed by atoms with E-state index >= 15 is 0 Å². The number of anilines is 1. The van der Waals surface area contributed by atoms with Crippen LogP contribution in [0.15, 0.2) is 77.9 Å². The predicted molar refractivity (Wildman–Crippen MR) is 121 cm³/mol. The Bertz CT molecular complexity index is 1520. The van der Waals surface area contributed by atoms with Crippen molar-refractivity contribution in [1.82, 2.24) is 34.6 Å². The van der Waals surface area contributed by atoms with Crippen LogP contribution in [0, 0.1) is 6.92 Å². The number of amides is 1. The summed E-state index contributed by atoms with van der Waals surface area (Å²) in [4.78, 5) is 28.5. The van der Waals surface area contributed by atoms with E-state index in [4.69, 9.17) is 0 Å². The van der Waals surface area contributed by atoms with E-state index < -0.39 is 0 Å². The third kappa shape index (κ3) is 4.22. The largest absolute Gasteiger partial charge is 0.324 e. The summed E-state index contributed by atoms with van der Waals surface area (Å²) in [6, 6.07) is 17.7. The van der Waals surface area contributed by atoms with Crippen LogP contribution < -0.4 is 10.9 Å². The van der Waals surface area contributed by atoms with Crippen LogP contribution in [-0.2, 0) is 11.3 Å². The molecule has 162 valence electrons. The van der Waals surface area contributed by atoms with Crippen LogP contribution >= 0.6 is 0 Å². The summed E-state index contributed by atoms with van der Waals surface area (Å²) < 4.78 is 2.80. The lowest BCUT2D eigenvalue weighted by Crippen LogP contribution is -2.29. The number of carbonyl (C=O) groups is 1. The summed E-state index contributed by atoms with van der Waals surface area (Å²) in [5, 5.41) is 20.0. The molecule has 5 rings (SSSR count). The van der Waals surface area contributed by atoms with Crippen LogP contribution in [0.4, 0.5) is 5.69 Å². The summed E-state index contributed by atoms with van der Waals surface area (Å²) in [7, 11) is 0. The van der Waals surface area contributed by atoms with Crippen molar-refractivity contribution in [1.29, 1.82) is 0 Å². The minimum absolute atomic E-state index is 0.176. The van der Waals surface area contributed by atoms with E-state index in [1.165, 1.54) is 6.07 Å². The molecule has 10 heteroatoms. The molecular weight excluding hydrogens is 420 g/mol. The number of aromatic nitrogens is 7. The fourth-order valence-corrected chi connectivity index (χ4v) is 3.37. The van der Waals surface area contributed by atoms with E-state index in [9.17, 15) is 9.59 Å². The molecule has 0 aliphatic rings. The average molecular weight is 438 g/mol. The Balaban J connectivity index is 1.41. The molecule has 0 radical (unpaired) electrons. The number of rotatable bonds is 5. The number of carbonyl (C=O) groups excluding carboxylic acids is 1. The minimum atomic E-state index is -0.353. The number of pyridine rings is 1. The van der Waals surface area contributed by atoms with Crippen molar-refractivity contribution >= 4 is 17.2 Å². The van der Waals surface area contributed by atoms with Gasteiger partial charge < -0.3 is 5.32 Å². The van der Waals surface area contributed by atoms with E-state index in [-0.39, 0.29) is 18.0 Å². The molecule has 0 spiro atoms. The zero-order valence-electron chi connectivity index (χ0n) is 17.6. The number of benzene rings is 1. The normalized spacial score (nSPS) is 10.9. The zero-order chi connectivity index (χ0) is 22.8. The van der Waals surface area contributed by atoms with E-state index in [2.05, 4.69) is 30.7 Å². The SMILES string of the molecule is Cc1ccc(=O)n(CC(=O)Nc2cccc(-c3ccc4nnc(-c5cccnc5)n4n3)c2)n1. The number of fused-ring (bicyclic) bond motifs is 1. The Morgan fingerprint density at radius 1 is 0.970 bits per heavy atom. The maximum Gasteiger partial charge on any atom is 0.267 e. The number of aryl methyl sites for hydroxylation is 1. The average Bonchev–Trinajstić information content (AvgIpc) is 3.25. The van der Waals surface area contributed by atoms with Gasteiger partial charge in [0, 0.05) is 35.3 Å². The van der Waals surface area contributed by atoms with Crippen LogP contribution in [0.2, 0.25) is 0 Å². The van der Waals surface area contributed by atoms with Gasteiger partial charge in [-0.25, -0.2) is 4.68 Å². The second-order valence-electron chi connectivity index (χ2n) is 7.35. The van der Waals surface area contributed by atoms with Crippen molar-refractivity contribution in [2.75, 3.05) is 5.32 Å². The lowest BCUT2D eigenvalue weighted by molar-refractivity contribution is -0.117. The summed E-state index contributed by atoms with van der Waals surface area (Å²) in [5.74, 6) is 0.230. The van der Waals surface area contributed by atoms with Gasteiger partial charge in [0.1, 0.15) is 6.54 Å². The van der Waals surface area contributed by atoms with Crippen molar-refractivity contribution in [2.45, 2.75) is 13.5 Å². The lowest BCUT2D eigenvalue weighted by Gasteiger charge is -2.09. The molecule has 1 N–H and O–H groups in total. The smallest absolute Gasteiger partial charge is 0.267 e. The first-order chi connectivity index (χ1) is 16.1. The maximum atomic E-state index is 12.5. The lowest BCUT2D eigenvalue weighted by atomic mass is 10.1. The van der Waals surface area contributed by atoms with Gasteiger partial charge in [-0.3, -0.25) is 14.6 Å². The standard InChI is InChI=1S/C23H18N8O2/c1-15-7-10-22(33)30(28-15)14-21(32)25-18-6-2-4-16(12-18)19-8-9-20-26-27-23(31(20)29-19)17-5-3-11-24-13-17/h2-13H,14H2,1H3,(H,25,32). The molecular formula is C23H18N8O2. The monoisotopic (exact) mass is 438 g/mol. The minimum Gasteiger partial charge on any atom is -0.324 e. The summed E-state index contributed by atoms with van der Waals surface area (Å²) in [5.41, 5.74) is 3.79. The van der Waals surface area contributed by atoms with E-state index in [1.807, 2.05) is 42.5 Å². The predicted octanol–water partition coefficient (Wildman–Crippen LogP) is 2.36. The second kappa shape index (κ2) is 8.42. The second-order valence-corrected chi connectivity index (χ2v) is 7.35. The highest BCUT2D eigenvalue weighted by molar-refractivity contribution is 5.91. The Kier molecular flexibility index (Phi) is 5.15. The van der Waals surface area contributed by atoms with Gasteiger partial charge in [-0.15, -0.1) is 10.2 Å². The van der Waals surface area contributed by atoms with Gasteiger partial charge in [0.05, 0.1) is 11.4 Å². The van der Waals surface area contributed by atoms with Gasteiger partial charge in [0.2, 0.25) is 5.91 Å². The first kappa shape index (κ1) is 20.2. The molecule has 0 aliphatic carbocycles. The fraction of sp³-hybridized carbons (Fsp3) is 0.0870. The topological polar surface area (TPSA) is 120 Å². The molecule has 0 unspecified atom stereocenters. The molecule has 5 aromatic rings. The maximum absolute atomic E-state index is 12.5. The first-order valence-electron chi connectivity index (χ1n) is 10.1. The van der Waals surface area contributed by atoms with Crippen molar-refractivity contribution in [3.05, 3.63) is 89.1 Å². The van der Waals surface area contributed by atoms with Crippen molar-refractivity contribution in [3.63, 3.8) is 0 Å². The molecule has 0 atom stereocenters. The molecule has 0 aliphatic heterocycles. The van der Waals surface area contributed by atoms with Crippen molar-refractivity contribution in [2.24, 2.45) is 0 Å². The quantitative estimate of drug-likeness (QED) is 0.447. The van der Waals surface area contributed by atoms with Crippen LogP contribution in [0.1, 0.15) is 5.69 Å². The Hall–Kier alpha value is -4.73. The van der Waals surface area contributed by atoms with E-state index in [1.54, 1.807) is 36.0 Å². The zero-order valence-corrected chi connectivity index (χ0v) is 17.6. The molecule has 10 nitrogen and oxygen atoms in total. The Morgan fingerprint density at radius 3 is 2.70 bits per heavy atom. The van der Waals surface area contributed by atoms with Crippen LogP contribution in [-0.4, -0.2) is 40.5 Å². The molecule has 1 aromatic carbocycles. The molecule has 33 heavy (non-hydrogen) atoms. The molecule has 0 saturated heterocycles. The highest BCUT2D eigenvalue weighted by atomic mass is 16.2. The summed E-state index contributed by atoms with van der Waals surface area (Å²) >= 11 is 0. The molecule has 1 amide bonds. The van der Waals surface area contributed by atoms with Gasteiger partial charge in [0.25, 0.3) is 5.56 Å². The summed E-state index contributed by atoms with van der Waals surface area (Å²) in [6.45, 7) is 1.58. The number of nitrogens with one attached hydrogen (secondary N) is 1. The highest BCUT2D eigenvalue weighted by Gasteiger charge is 2.12. The fourth-order valence-electron chi connectivity index (χ4n) is 3.37. The highest BCUT2D eigenvalue weighted by Crippen LogP contribution is 2.23. The molecule has 0 saturated carbocycles. The molecule has 0 bridgehead atoms. The van der Waals surface area contributed by atoms with Crippen molar-refractivity contribution < 1.29 is 4.79 Å². The van der Waals surface area contributed by atoms with Gasteiger partial charge in [0.15, 0.2) is 11.5 Å². The van der Waals surface area contributed by atoms with E-state index in [0.717, 1.165) is 15.8 Å². The third-order valence-corrected chi connectivity index (χ3v) is 4.92. The number of hydrogen-bond donors (Lipinski definition) is 1. The Labute approximate surface area is 187 Å². The van der Waals surface area contributed by atoms with Crippen molar-refractivity contribution in [3.8, 4) is 22.6 Å². The Morgan fingerprint density at radius 2 is 1.85 bits per heavy atom.